The number of benzene rings is 1. The normalized spacial score (nSPS) is 22.2. The maximum atomic E-state index is 12.9. The van der Waals surface area contributed by atoms with Gasteiger partial charge in [0.15, 0.2) is 0 Å². The lowest BCUT2D eigenvalue weighted by atomic mass is 10.0. The summed E-state index contributed by atoms with van der Waals surface area (Å²) in [6.45, 7) is 5.06. The molecule has 30 heavy (non-hydrogen) atoms. The number of methoxy groups -OCH3 is 1. The molecule has 3 unspecified atom stereocenters. The molecule has 0 bridgehead atoms. The second-order valence-electron chi connectivity index (χ2n) is 8.23. The van der Waals surface area contributed by atoms with Gasteiger partial charge in [0.25, 0.3) is 5.91 Å². The van der Waals surface area contributed by atoms with Crippen LogP contribution in [0.1, 0.15) is 33.9 Å². The quantitative estimate of drug-likeness (QED) is 0.736. The molecule has 2 amide bonds. The number of carbonyl (C=O) groups is 2. The van der Waals surface area contributed by atoms with Crippen LogP contribution in [0.5, 0.6) is 5.75 Å². The van der Waals surface area contributed by atoms with Crippen molar-refractivity contribution in [3.8, 4) is 5.75 Å². The molecule has 3 atom stereocenters. The summed E-state index contributed by atoms with van der Waals surface area (Å²) in [6.07, 6.45) is 0.258. The fourth-order valence-corrected chi connectivity index (χ4v) is 5.64. The number of amides is 2. The average Bonchev–Trinajstić information content (AvgIpc) is 3.41. The highest BCUT2D eigenvalue weighted by Crippen LogP contribution is 2.39. The van der Waals surface area contributed by atoms with Gasteiger partial charge in [0.05, 0.1) is 12.7 Å². The molecule has 8 heteroatoms. The lowest BCUT2D eigenvalue weighted by Gasteiger charge is -2.29. The number of hydrogen-bond donors (Lipinski definition) is 1. The fourth-order valence-electron chi connectivity index (χ4n) is 4.68. The molecule has 2 N–H and O–H groups in total. The van der Waals surface area contributed by atoms with Gasteiger partial charge in [-0.3, -0.25) is 14.5 Å². The van der Waals surface area contributed by atoms with E-state index in [-0.39, 0.29) is 24.3 Å². The molecule has 1 aromatic carbocycles. The molecule has 0 aliphatic carbocycles. The van der Waals surface area contributed by atoms with Gasteiger partial charge in [0, 0.05) is 54.4 Å². The van der Waals surface area contributed by atoms with Gasteiger partial charge in [0.1, 0.15) is 5.75 Å². The van der Waals surface area contributed by atoms with Crippen LogP contribution >= 0.6 is 22.9 Å². The van der Waals surface area contributed by atoms with Crippen LogP contribution in [0.2, 0.25) is 5.02 Å². The molecular formula is C22H26ClN3O3S. The largest absolute Gasteiger partial charge is 0.495 e. The predicted molar refractivity (Wildman–Crippen MR) is 118 cm³/mol. The third-order valence-corrected chi connectivity index (χ3v) is 7.42. The van der Waals surface area contributed by atoms with Gasteiger partial charge in [-0.25, -0.2) is 0 Å². The number of hydrogen-bond acceptors (Lipinski definition) is 5. The first-order valence-electron chi connectivity index (χ1n) is 10.0. The number of nitrogens with zero attached hydrogens (tertiary/aromatic N) is 2. The van der Waals surface area contributed by atoms with Crippen molar-refractivity contribution in [3.63, 3.8) is 0 Å². The number of likely N-dealkylation sites (tertiary alicyclic amines) is 2. The molecule has 6 nitrogen and oxygen atoms in total. The summed E-state index contributed by atoms with van der Waals surface area (Å²) in [7, 11) is 1.59. The Balaban J connectivity index is 1.47. The van der Waals surface area contributed by atoms with Gasteiger partial charge in [-0.1, -0.05) is 23.7 Å². The molecule has 160 valence electrons. The second kappa shape index (κ2) is 8.57. The number of rotatable bonds is 6. The van der Waals surface area contributed by atoms with Crippen molar-refractivity contribution in [2.75, 3.05) is 33.3 Å². The van der Waals surface area contributed by atoms with E-state index in [0.29, 0.717) is 28.2 Å². The number of carbonyl (C=O) groups excluding carboxylic acids is 2. The molecule has 2 aliphatic heterocycles. The number of halogens is 1. The number of thiophene rings is 1. The number of nitrogens with two attached hydrogens (primary N) is 1. The van der Waals surface area contributed by atoms with Gasteiger partial charge < -0.3 is 15.4 Å². The van der Waals surface area contributed by atoms with E-state index in [9.17, 15) is 9.59 Å². The summed E-state index contributed by atoms with van der Waals surface area (Å²) >= 11 is 7.81. The Morgan fingerprint density at radius 3 is 2.53 bits per heavy atom. The molecule has 0 spiro atoms. The molecule has 0 radical (unpaired) electrons. The number of ether oxygens (including phenoxy) is 1. The zero-order valence-electron chi connectivity index (χ0n) is 17.1. The Kier molecular flexibility index (Phi) is 6.04. The number of aryl methyl sites for hydroxylation is 1. The van der Waals surface area contributed by atoms with Crippen molar-refractivity contribution in [3.05, 3.63) is 50.7 Å². The first-order valence-corrected chi connectivity index (χ1v) is 11.4. The van der Waals surface area contributed by atoms with E-state index < -0.39 is 0 Å². The topological polar surface area (TPSA) is 75.9 Å². The van der Waals surface area contributed by atoms with Gasteiger partial charge in [-0.05, 0) is 36.0 Å². The van der Waals surface area contributed by atoms with Crippen LogP contribution in [0.3, 0.4) is 0 Å². The summed E-state index contributed by atoms with van der Waals surface area (Å²) in [5.74, 6) is 1.12. The van der Waals surface area contributed by atoms with Crippen LogP contribution < -0.4 is 10.5 Å². The van der Waals surface area contributed by atoms with Crippen molar-refractivity contribution in [2.45, 2.75) is 19.4 Å². The minimum atomic E-state index is -0.324. The molecule has 4 rings (SSSR count). The molecule has 2 aromatic rings. The molecular weight excluding hydrogens is 422 g/mol. The van der Waals surface area contributed by atoms with Crippen molar-refractivity contribution >= 4 is 34.8 Å². The lowest BCUT2D eigenvalue weighted by molar-refractivity contribution is -0.119. The van der Waals surface area contributed by atoms with Gasteiger partial charge in [0.2, 0.25) is 5.91 Å². The van der Waals surface area contributed by atoms with Gasteiger partial charge in [-0.15, -0.1) is 11.3 Å². The molecule has 2 saturated heterocycles. The maximum Gasteiger partial charge on any atom is 0.258 e. The predicted octanol–water partition coefficient (Wildman–Crippen LogP) is 3.34. The molecule has 3 heterocycles. The Bertz CT molecular complexity index is 949. The van der Waals surface area contributed by atoms with E-state index in [1.54, 1.807) is 7.11 Å². The first kappa shape index (κ1) is 21.2. The highest BCUT2D eigenvalue weighted by atomic mass is 35.5. The Morgan fingerprint density at radius 1 is 1.23 bits per heavy atom. The molecule has 2 fully saturated rings. The SMILES string of the molecule is COc1cscc1C(=O)N1CC2CN(C(CC(N)=O)c3ccc(C)c(Cl)c3)CC2C1. The van der Waals surface area contributed by atoms with Crippen molar-refractivity contribution < 1.29 is 14.3 Å². The average molecular weight is 448 g/mol. The van der Waals surface area contributed by atoms with E-state index in [1.165, 1.54) is 11.3 Å². The van der Waals surface area contributed by atoms with Crippen molar-refractivity contribution in [1.82, 2.24) is 9.80 Å². The molecule has 1 aromatic heterocycles. The third-order valence-electron chi connectivity index (χ3n) is 6.29. The summed E-state index contributed by atoms with van der Waals surface area (Å²) in [5, 5.41) is 4.40. The fraction of sp³-hybridized carbons (Fsp3) is 0.455. The third kappa shape index (κ3) is 4.06. The summed E-state index contributed by atoms with van der Waals surface area (Å²) in [4.78, 5) is 29.0. The maximum absolute atomic E-state index is 12.9. The Morgan fingerprint density at radius 2 is 1.93 bits per heavy atom. The van der Waals surface area contributed by atoms with Crippen LogP contribution in [0.4, 0.5) is 0 Å². The van der Waals surface area contributed by atoms with Crippen LogP contribution in [0, 0.1) is 18.8 Å². The van der Waals surface area contributed by atoms with E-state index in [2.05, 4.69) is 4.90 Å². The van der Waals surface area contributed by atoms with E-state index in [1.807, 2.05) is 40.8 Å². The van der Waals surface area contributed by atoms with E-state index in [0.717, 1.165) is 37.3 Å². The monoisotopic (exact) mass is 447 g/mol. The summed E-state index contributed by atoms with van der Waals surface area (Å²) < 4.78 is 5.31. The number of fused-ring (bicyclic) bond motifs is 1. The van der Waals surface area contributed by atoms with Gasteiger partial charge in [-0.2, -0.15) is 0 Å². The summed E-state index contributed by atoms with van der Waals surface area (Å²) in [6, 6.07) is 5.86. The molecule has 2 aliphatic rings. The zero-order chi connectivity index (χ0) is 21.4. The van der Waals surface area contributed by atoms with Crippen molar-refractivity contribution in [2.24, 2.45) is 17.6 Å². The van der Waals surface area contributed by atoms with Gasteiger partial charge >= 0.3 is 0 Å². The van der Waals surface area contributed by atoms with E-state index in [4.69, 9.17) is 22.1 Å². The smallest absolute Gasteiger partial charge is 0.258 e. The minimum Gasteiger partial charge on any atom is -0.495 e. The molecule has 0 saturated carbocycles. The first-order chi connectivity index (χ1) is 14.4. The zero-order valence-corrected chi connectivity index (χ0v) is 18.7. The van der Waals surface area contributed by atoms with Crippen LogP contribution in [0.25, 0.3) is 0 Å². The van der Waals surface area contributed by atoms with Crippen LogP contribution in [0.15, 0.2) is 29.0 Å². The van der Waals surface area contributed by atoms with Crippen LogP contribution in [-0.2, 0) is 4.79 Å². The second-order valence-corrected chi connectivity index (χ2v) is 9.38. The van der Waals surface area contributed by atoms with Crippen LogP contribution in [-0.4, -0.2) is 54.9 Å². The summed E-state index contributed by atoms with van der Waals surface area (Å²) in [5.41, 5.74) is 8.23. The van der Waals surface area contributed by atoms with Crippen molar-refractivity contribution in [1.29, 1.82) is 0 Å². The number of primary amides is 1. The van der Waals surface area contributed by atoms with E-state index >= 15 is 0 Å². The Labute approximate surface area is 185 Å². The Hall–Kier alpha value is -2.09. The highest BCUT2D eigenvalue weighted by molar-refractivity contribution is 7.08. The highest BCUT2D eigenvalue weighted by Gasteiger charge is 2.44. The standard InChI is InChI=1S/C22H26ClN3O3S/c1-13-3-4-14(5-18(13)23)19(6-21(24)27)25-7-15-9-26(10-16(15)8-25)22(28)17-11-30-12-20(17)29-2/h3-5,11-12,15-16,19H,6-10H2,1-2H3,(H2,24,27). The lowest BCUT2D eigenvalue weighted by Crippen LogP contribution is -2.36. The minimum absolute atomic E-state index is 0.0352.